The third kappa shape index (κ3) is 2.21. The van der Waals surface area contributed by atoms with Crippen LogP contribution in [0.15, 0.2) is 4.52 Å². The molecule has 1 aromatic heterocycles. The van der Waals surface area contributed by atoms with Gasteiger partial charge in [-0.05, 0) is 33.7 Å². The van der Waals surface area contributed by atoms with Crippen LogP contribution in [0.5, 0.6) is 0 Å². The summed E-state index contributed by atoms with van der Waals surface area (Å²) in [5.41, 5.74) is 2.21. The second-order valence-electron chi connectivity index (χ2n) is 4.32. The Morgan fingerprint density at radius 3 is 2.87 bits per heavy atom. The molecule has 1 aromatic rings. The fourth-order valence-corrected chi connectivity index (χ4v) is 2.34. The summed E-state index contributed by atoms with van der Waals surface area (Å²) in [5.74, 6) is 0.929. The Labute approximate surface area is 90.4 Å². The Morgan fingerprint density at radius 2 is 2.33 bits per heavy atom. The molecule has 0 aliphatic carbocycles. The molecule has 4 heteroatoms. The third-order valence-electron chi connectivity index (χ3n) is 3.07. The fraction of sp³-hybridized carbons (Fsp3) is 0.727. The summed E-state index contributed by atoms with van der Waals surface area (Å²) in [6.07, 6.45) is 1.20. The van der Waals surface area contributed by atoms with Gasteiger partial charge < -0.3 is 15.2 Å². The molecule has 15 heavy (non-hydrogen) atoms. The Bertz CT molecular complexity index is 309. The average Bonchev–Trinajstić information content (AvgIpc) is 2.77. The van der Waals surface area contributed by atoms with Crippen LogP contribution < -0.4 is 10.6 Å². The maximum Gasteiger partial charge on any atom is 0.138 e. The first kappa shape index (κ1) is 10.6. The molecule has 0 aromatic carbocycles. The number of rotatable bonds is 3. The van der Waals surface area contributed by atoms with E-state index >= 15 is 0 Å². The van der Waals surface area contributed by atoms with E-state index in [1.54, 1.807) is 0 Å². The van der Waals surface area contributed by atoms with Crippen molar-refractivity contribution in [3.05, 3.63) is 17.0 Å². The molecule has 2 rings (SSSR count). The second-order valence-corrected chi connectivity index (χ2v) is 4.32. The van der Waals surface area contributed by atoms with Crippen LogP contribution in [0.4, 0.5) is 0 Å². The first-order valence-corrected chi connectivity index (χ1v) is 5.58. The van der Waals surface area contributed by atoms with Gasteiger partial charge in [-0.15, -0.1) is 0 Å². The van der Waals surface area contributed by atoms with Gasteiger partial charge in [-0.2, -0.15) is 0 Å². The van der Waals surface area contributed by atoms with Crippen LogP contribution in [0.25, 0.3) is 0 Å². The van der Waals surface area contributed by atoms with Crippen LogP contribution in [0.1, 0.15) is 36.4 Å². The first-order valence-electron chi connectivity index (χ1n) is 5.58. The molecule has 1 fully saturated rings. The van der Waals surface area contributed by atoms with E-state index in [1.807, 2.05) is 13.8 Å². The van der Waals surface area contributed by atoms with Crippen LogP contribution in [0.2, 0.25) is 0 Å². The molecule has 84 valence electrons. The summed E-state index contributed by atoms with van der Waals surface area (Å²) < 4.78 is 5.18. The predicted octanol–water partition coefficient (Wildman–Crippen LogP) is 1.30. The zero-order chi connectivity index (χ0) is 10.8. The number of hydrogen-bond acceptors (Lipinski definition) is 4. The van der Waals surface area contributed by atoms with Crippen LogP contribution in [0, 0.1) is 13.8 Å². The summed E-state index contributed by atoms with van der Waals surface area (Å²) in [5, 5.41) is 10.9. The van der Waals surface area contributed by atoms with E-state index in [0.29, 0.717) is 12.1 Å². The minimum atomic E-state index is 0.321. The smallest absolute Gasteiger partial charge is 0.138 e. The normalized spacial score (nSPS) is 23.3. The topological polar surface area (TPSA) is 50.1 Å². The lowest BCUT2D eigenvalue weighted by atomic mass is 10.1. The molecule has 0 saturated carbocycles. The zero-order valence-electron chi connectivity index (χ0n) is 9.63. The Kier molecular flexibility index (Phi) is 3.07. The molecule has 2 atom stereocenters. The highest BCUT2D eigenvalue weighted by molar-refractivity contribution is 5.24. The fourth-order valence-electron chi connectivity index (χ4n) is 2.34. The molecule has 2 N–H and O–H groups in total. The SMILES string of the molecule is Cc1noc(C)c1C(C)NC1CCNC1. The minimum absolute atomic E-state index is 0.321. The van der Waals surface area contributed by atoms with Crippen LogP contribution >= 0.6 is 0 Å². The second kappa shape index (κ2) is 4.33. The Hall–Kier alpha value is -0.870. The van der Waals surface area contributed by atoms with Gasteiger partial charge in [0.25, 0.3) is 0 Å². The molecule has 0 spiro atoms. The quantitative estimate of drug-likeness (QED) is 0.788. The maximum absolute atomic E-state index is 5.18. The number of nitrogens with zero attached hydrogens (tertiary/aromatic N) is 1. The van der Waals surface area contributed by atoms with E-state index in [0.717, 1.165) is 24.5 Å². The Balaban J connectivity index is 2.03. The van der Waals surface area contributed by atoms with Crippen molar-refractivity contribution < 1.29 is 4.52 Å². The number of aryl methyl sites for hydroxylation is 2. The summed E-state index contributed by atoms with van der Waals surface area (Å²) in [6, 6.07) is 0.898. The van der Waals surface area contributed by atoms with Gasteiger partial charge in [0.1, 0.15) is 5.76 Å². The van der Waals surface area contributed by atoms with Gasteiger partial charge in [0.05, 0.1) is 5.69 Å². The molecule has 0 amide bonds. The van der Waals surface area contributed by atoms with E-state index in [-0.39, 0.29) is 0 Å². The Morgan fingerprint density at radius 1 is 1.53 bits per heavy atom. The molecule has 2 unspecified atom stereocenters. The minimum Gasteiger partial charge on any atom is -0.361 e. The number of aromatic nitrogens is 1. The first-order chi connectivity index (χ1) is 7.18. The van der Waals surface area contributed by atoms with E-state index in [4.69, 9.17) is 4.52 Å². The van der Waals surface area contributed by atoms with Gasteiger partial charge in [-0.25, -0.2) is 0 Å². The van der Waals surface area contributed by atoms with Gasteiger partial charge in [0, 0.05) is 24.2 Å². The molecule has 0 radical (unpaired) electrons. The maximum atomic E-state index is 5.18. The summed E-state index contributed by atoms with van der Waals surface area (Å²) in [4.78, 5) is 0. The van der Waals surface area contributed by atoms with Crippen LogP contribution in [-0.4, -0.2) is 24.3 Å². The van der Waals surface area contributed by atoms with Crippen molar-refractivity contribution in [3.8, 4) is 0 Å². The summed E-state index contributed by atoms with van der Waals surface area (Å²) in [6.45, 7) is 8.32. The van der Waals surface area contributed by atoms with E-state index < -0.39 is 0 Å². The van der Waals surface area contributed by atoms with Gasteiger partial charge in [-0.1, -0.05) is 5.16 Å². The molecule has 2 heterocycles. The summed E-state index contributed by atoms with van der Waals surface area (Å²) >= 11 is 0. The van der Waals surface area contributed by atoms with Gasteiger partial charge in [-0.3, -0.25) is 0 Å². The van der Waals surface area contributed by atoms with Crippen LogP contribution in [0.3, 0.4) is 0 Å². The largest absolute Gasteiger partial charge is 0.361 e. The van der Waals surface area contributed by atoms with E-state index in [2.05, 4.69) is 22.7 Å². The van der Waals surface area contributed by atoms with Crippen molar-refractivity contribution in [3.63, 3.8) is 0 Å². The van der Waals surface area contributed by atoms with Crippen LogP contribution in [-0.2, 0) is 0 Å². The number of nitrogens with one attached hydrogen (secondary N) is 2. The van der Waals surface area contributed by atoms with Gasteiger partial charge >= 0.3 is 0 Å². The highest BCUT2D eigenvalue weighted by atomic mass is 16.5. The highest BCUT2D eigenvalue weighted by Gasteiger charge is 2.21. The van der Waals surface area contributed by atoms with Crippen molar-refractivity contribution in [1.82, 2.24) is 15.8 Å². The highest BCUT2D eigenvalue weighted by Crippen LogP contribution is 2.21. The standard InChI is InChI=1S/C11H19N3O/c1-7(13-10-4-5-12-6-10)11-8(2)14-15-9(11)3/h7,10,12-13H,4-6H2,1-3H3. The van der Waals surface area contributed by atoms with Crippen molar-refractivity contribution in [2.75, 3.05) is 13.1 Å². The lowest BCUT2D eigenvalue weighted by Crippen LogP contribution is -2.33. The van der Waals surface area contributed by atoms with E-state index in [1.165, 1.54) is 12.0 Å². The molecule has 1 aliphatic heterocycles. The van der Waals surface area contributed by atoms with Gasteiger partial charge in [0.2, 0.25) is 0 Å². The molecular formula is C11H19N3O. The number of hydrogen-bond donors (Lipinski definition) is 2. The van der Waals surface area contributed by atoms with Crippen molar-refractivity contribution >= 4 is 0 Å². The van der Waals surface area contributed by atoms with Gasteiger partial charge in [0.15, 0.2) is 0 Å². The average molecular weight is 209 g/mol. The molecular weight excluding hydrogens is 190 g/mol. The predicted molar refractivity (Wildman–Crippen MR) is 58.8 cm³/mol. The van der Waals surface area contributed by atoms with Crippen molar-refractivity contribution in [1.29, 1.82) is 0 Å². The van der Waals surface area contributed by atoms with Crippen molar-refractivity contribution in [2.45, 2.75) is 39.3 Å². The molecule has 0 bridgehead atoms. The summed E-state index contributed by atoms with van der Waals surface area (Å²) in [7, 11) is 0. The lowest BCUT2D eigenvalue weighted by Gasteiger charge is -2.18. The lowest BCUT2D eigenvalue weighted by molar-refractivity contribution is 0.389. The van der Waals surface area contributed by atoms with Crippen molar-refractivity contribution in [2.24, 2.45) is 0 Å². The molecule has 4 nitrogen and oxygen atoms in total. The van der Waals surface area contributed by atoms with E-state index in [9.17, 15) is 0 Å². The third-order valence-corrected chi connectivity index (χ3v) is 3.07. The molecule has 1 aliphatic rings. The zero-order valence-corrected chi connectivity index (χ0v) is 9.63. The monoisotopic (exact) mass is 209 g/mol. The molecule has 1 saturated heterocycles.